The maximum atomic E-state index is 10.1. The maximum absolute atomic E-state index is 10.1. The molecule has 0 aromatic carbocycles. The van der Waals surface area contributed by atoms with E-state index in [1.54, 1.807) is 0 Å². The molecule has 1 atom stereocenters. The van der Waals surface area contributed by atoms with Gasteiger partial charge in [-0.05, 0) is 37.7 Å². The van der Waals surface area contributed by atoms with Gasteiger partial charge in [0.15, 0.2) is 0 Å². The van der Waals surface area contributed by atoms with Crippen LogP contribution in [-0.4, -0.2) is 10.7 Å². The van der Waals surface area contributed by atoms with Gasteiger partial charge in [-0.1, -0.05) is 19.9 Å². The van der Waals surface area contributed by atoms with E-state index in [2.05, 4.69) is 6.58 Å². The Balaban J connectivity index is 2.65. The molecule has 0 radical (unpaired) electrons. The minimum Gasteiger partial charge on any atom is -0.385 e. The predicted octanol–water partition coefficient (Wildman–Crippen LogP) is 2.50. The molecule has 1 aliphatic carbocycles. The van der Waals surface area contributed by atoms with Gasteiger partial charge in [-0.15, -0.1) is 0 Å². The van der Waals surface area contributed by atoms with E-state index in [1.807, 2.05) is 13.8 Å². The average Bonchev–Trinajstić information content (AvgIpc) is 1.83. The molecule has 0 saturated heterocycles. The molecule has 11 heavy (non-hydrogen) atoms. The maximum Gasteiger partial charge on any atom is 0.0876 e. The summed E-state index contributed by atoms with van der Waals surface area (Å²) in [4.78, 5) is 0. The molecule has 1 saturated carbocycles. The highest BCUT2D eigenvalue weighted by Gasteiger charge is 2.38. The summed E-state index contributed by atoms with van der Waals surface area (Å²) in [6, 6.07) is 0. The molecule has 1 fully saturated rings. The molecule has 1 nitrogen and oxygen atoms in total. The van der Waals surface area contributed by atoms with Crippen molar-refractivity contribution in [2.24, 2.45) is 5.92 Å². The van der Waals surface area contributed by atoms with Gasteiger partial charge >= 0.3 is 0 Å². The zero-order valence-electron chi connectivity index (χ0n) is 7.56. The lowest BCUT2D eigenvalue weighted by Gasteiger charge is -2.41. The van der Waals surface area contributed by atoms with Crippen molar-refractivity contribution in [3.05, 3.63) is 12.2 Å². The standard InChI is InChI=1S/C10H18O/c1-4-10(11,8(2)3)9-6-5-7-9/h9,11H,2,4-7H2,1,3H3. The lowest BCUT2D eigenvalue weighted by atomic mass is 9.69. The SMILES string of the molecule is C=C(C)C(O)(CC)C1CCC1. The van der Waals surface area contributed by atoms with Crippen molar-refractivity contribution < 1.29 is 5.11 Å². The molecular formula is C10H18O. The Kier molecular flexibility index (Phi) is 2.38. The van der Waals surface area contributed by atoms with Crippen LogP contribution in [0.25, 0.3) is 0 Å². The van der Waals surface area contributed by atoms with Crippen LogP contribution in [0.2, 0.25) is 0 Å². The van der Waals surface area contributed by atoms with E-state index in [0.717, 1.165) is 12.0 Å². The quantitative estimate of drug-likeness (QED) is 0.619. The highest BCUT2D eigenvalue weighted by atomic mass is 16.3. The molecule has 0 aromatic rings. The van der Waals surface area contributed by atoms with E-state index < -0.39 is 5.60 Å². The molecular weight excluding hydrogens is 136 g/mol. The van der Waals surface area contributed by atoms with Gasteiger partial charge in [0.1, 0.15) is 0 Å². The van der Waals surface area contributed by atoms with Gasteiger partial charge in [-0.3, -0.25) is 0 Å². The second kappa shape index (κ2) is 2.98. The van der Waals surface area contributed by atoms with E-state index >= 15 is 0 Å². The summed E-state index contributed by atoms with van der Waals surface area (Å²) in [7, 11) is 0. The number of aliphatic hydroxyl groups is 1. The molecule has 64 valence electrons. The van der Waals surface area contributed by atoms with Crippen molar-refractivity contribution in [1.82, 2.24) is 0 Å². The van der Waals surface area contributed by atoms with Crippen LogP contribution in [0.4, 0.5) is 0 Å². The van der Waals surface area contributed by atoms with Crippen molar-refractivity contribution >= 4 is 0 Å². The lowest BCUT2D eigenvalue weighted by Crippen LogP contribution is -2.41. The molecule has 1 unspecified atom stereocenters. The Morgan fingerprint density at radius 2 is 2.18 bits per heavy atom. The molecule has 1 aliphatic rings. The smallest absolute Gasteiger partial charge is 0.0876 e. The highest BCUT2D eigenvalue weighted by molar-refractivity contribution is 5.13. The minimum atomic E-state index is -0.557. The van der Waals surface area contributed by atoms with E-state index in [4.69, 9.17) is 0 Å². The molecule has 0 spiro atoms. The average molecular weight is 154 g/mol. The number of hydrogen-bond donors (Lipinski definition) is 1. The normalized spacial score (nSPS) is 23.9. The summed E-state index contributed by atoms with van der Waals surface area (Å²) in [5.74, 6) is 0.491. The number of hydrogen-bond acceptors (Lipinski definition) is 1. The second-order valence-electron chi connectivity index (χ2n) is 3.69. The van der Waals surface area contributed by atoms with Crippen LogP contribution in [0.1, 0.15) is 39.5 Å². The van der Waals surface area contributed by atoms with Crippen LogP contribution in [-0.2, 0) is 0 Å². The fourth-order valence-electron chi connectivity index (χ4n) is 1.82. The van der Waals surface area contributed by atoms with Crippen LogP contribution in [0.3, 0.4) is 0 Å². The summed E-state index contributed by atoms with van der Waals surface area (Å²) in [5, 5.41) is 10.1. The predicted molar refractivity (Wildman–Crippen MR) is 47.4 cm³/mol. The largest absolute Gasteiger partial charge is 0.385 e. The third-order valence-electron chi connectivity index (χ3n) is 3.06. The Morgan fingerprint density at radius 3 is 2.27 bits per heavy atom. The van der Waals surface area contributed by atoms with Gasteiger partial charge in [0.2, 0.25) is 0 Å². The highest BCUT2D eigenvalue weighted by Crippen LogP contribution is 2.41. The van der Waals surface area contributed by atoms with E-state index in [-0.39, 0.29) is 0 Å². The molecule has 0 aromatic heterocycles. The van der Waals surface area contributed by atoms with Crippen LogP contribution >= 0.6 is 0 Å². The molecule has 1 rings (SSSR count). The topological polar surface area (TPSA) is 20.2 Å². The van der Waals surface area contributed by atoms with Crippen molar-refractivity contribution in [3.63, 3.8) is 0 Å². The van der Waals surface area contributed by atoms with Gasteiger partial charge < -0.3 is 5.11 Å². The molecule has 0 heterocycles. The Labute approximate surface area is 69.1 Å². The molecule has 0 bridgehead atoms. The van der Waals surface area contributed by atoms with E-state index in [0.29, 0.717) is 5.92 Å². The summed E-state index contributed by atoms with van der Waals surface area (Å²) < 4.78 is 0. The third kappa shape index (κ3) is 1.34. The monoisotopic (exact) mass is 154 g/mol. The van der Waals surface area contributed by atoms with Crippen LogP contribution in [0.5, 0.6) is 0 Å². The zero-order chi connectivity index (χ0) is 8.48. The summed E-state index contributed by atoms with van der Waals surface area (Å²) in [5.41, 5.74) is 0.378. The van der Waals surface area contributed by atoms with Crippen molar-refractivity contribution in [2.45, 2.75) is 45.1 Å². The van der Waals surface area contributed by atoms with Gasteiger partial charge in [0.05, 0.1) is 5.60 Å². The Hall–Kier alpha value is -0.300. The van der Waals surface area contributed by atoms with E-state index in [9.17, 15) is 5.11 Å². The molecule has 1 heteroatoms. The number of rotatable bonds is 3. The first-order chi connectivity index (χ1) is 5.11. The molecule has 0 amide bonds. The third-order valence-corrected chi connectivity index (χ3v) is 3.06. The fraction of sp³-hybridized carbons (Fsp3) is 0.800. The van der Waals surface area contributed by atoms with Gasteiger partial charge in [0, 0.05) is 0 Å². The van der Waals surface area contributed by atoms with Crippen molar-refractivity contribution in [3.8, 4) is 0 Å². The zero-order valence-corrected chi connectivity index (χ0v) is 7.56. The molecule has 1 N–H and O–H groups in total. The summed E-state index contributed by atoms with van der Waals surface area (Å²) in [6.45, 7) is 7.82. The van der Waals surface area contributed by atoms with Crippen molar-refractivity contribution in [1.29, 1.82) is 0 Å². The van der Waals surface area contributed by atoms with E-state index in [1.165, 1.54) is 19.3 Å². The lowest BCUT2D eigenvalue weighted by molar-refractivity contribution is -0.0212. The van der Waals surface area contributed by atoms with Crippen molar-refractivity contribution in [2.75, 3.05) is 0 Å². The van der Waals surface area contributed by atoms with Crippen LogP contribution in [0, 0.1) is 5.92 Å². The van der Waals surface area contributed by atoms with Crippen LogP contribution < -0.4 is 0 Å². The first-order valence-electron chi connectivity index (χ1n) is 4.49. The fourth-order valence-corrected chi connectivity index (χ4v) is 1.82. The summed E-state index contributed by atoms with van der Waals surface area (Å²) >= 11 is 0. The van der Waals surface area contributed by atoms with Gasteiger partial charge in [0.25, 0.3) is 0 Å². The Bertz CT molecular complexity index is 158. The first-order valence-corrected chi connectivity index (χ1v) is 4.49. The minimum absolute atomic E-state index is 0.491. The first kappa shape index (κ1) is 8.79. The second-order valence-corrected chi connectivity index (χ2v) is 3.69. The molecule has 0 aliphatic heterocycles. The van der Waals surface area contributed by atoms with Gasteiger partial charge in [-0.25, -0.2) is 0 Å². The van der Waals surface area contributed by atoms with Crippen LogP contribution in [0.15, 0.2) is 12.2 Å². The Morgan fingerprint density at radius 1 is 1.64 bits per heavy atom. The summed E-state index contributed by atoms with van der Waals surface area (Å²) in [6.07, 6.45) is 4.45. The van der Waals surface area contributed by atoms with Gasteiger partial charge in [-0.2, -0.15) is 0 Å².